The van der Waals surface area contributed by atoms with Crippen LogP contribution >= 0.6 is 35.7 Å². The molecule has 0 bridgehead atoms. The largest absolute Gasteiger partial charge is 0.235 e. The first kappa shape index (κ1) is 9.42. The summed E-state index contributed by atoms with van der Waals surface area (Å²) in [6, 6.07) is 0. The fourth-order valence-corrected chi connectivity index (χ4v) is 2.85. The van der Waals surface area contributed by atoms with Gasteiger partial charge in [-0.05, 0) is 19.1 Å². The van der Waals surface area contributed by atoms with Gasteiger partial charge < -0.3 is 0 Å². The van der Waals surface area contributed by atoms with Crippen LogP contribution in [0.3, 0.4) is 0 Å². The third kappa shape index (κ3) is 3.49. The van der Waals surface area contributed by atoms with Crippen molar-refractivity contribution >= 4 is 35.7 Å². The molecule has 0 fully saturated rings. The molecule has 62 valence electrons. The minimum absolute atomic E-state index is 0.970. The predicted octanol–water partition coefficient (Wildman–Crippen LogP) is 2.86. The molecule has 1 aromatic heterocycles. The van der Waals surface area contributed by atoms with Gasteiger partial charge in [-0.15, -0.1) is 11.3 Å². The van der Waals surface area contributed by atoms with E-state index in [0.29, 0.717) is 0 Å². The standard InChI is InChI=1S/C7H11NS3/c1-6-5-11-7(8-6)10-4-2-3-9/h5,9H,2-4H2,1H3. The van der Waals surface area contributed by atoms with E-state index in [0.717, 1.165) is 23.6 Å². The van der Waals surface area contributed by atoms with Crippen molar-refractivity contribution in [3.8, 4) is 0 Å². The van der Waals surface area contributed by atoms with Gasteiger partial charge in [0.1, 0.15) is 4.34 Å². The Morgan fingerprint density at radius 1 is 1.73 bits per heavy atom. The number of thiol groups is 1. The summed E-state index contributed by atoms with van der Waals surface area (Å²) in [7, 11) is 0. The van der Waals surface area contributed by atoms with E-state index in [9.17, 15) is 0 Å². The second-order valence-electron chi connectivity index (χ2n) is 2.18. The third-order valence-electron chi connectivity index (χ3n) is 1.13. The molecule has 0 spiro atoms. The van der Waals surface area contributed by atoms with E-state index >= 15 is 0 Å². The van der Waals surface area contributed by atoms with Crippen molar-refractivity contribution in [2.24, 2.45) is 0 Å². The summed E-state index contributed by atoms with van der Waals surface area (Å²) in [6.45, 7) is 2.03. The molecule has 0 unspecified atom stereocenters. The second-order valence-corrected chi connectivity index (χ2v) is 4.83. The van der Waals surface area contributed by atoms with Gasteiger partial charge in [0.2, 0.25) is 0 Å². The normalized spacial score (nSPS) is 10.4. The van der Waals surface area contributed by atoms with Gasteiger partial charge in [-0.2, -0.15) is 12.6 Å². The zero-order chi connectivity index (χ0) is 8.10. The molecule has 1 rings (SSSR count). The zero-order valence-corrected chi connectivity index (χ0v) is 8.94. The van der Waals surface area contributed by atoms with Crippen molar-refractivity contribution in [1.82, 2.24) is 4.98 Å². The van der Waals surface area contributed by atoms with Gasteiger partial charge in [-0.25, -0.2) is 4.98 Å². The van der Waals surface area contributed by atoms with Crippen LogP contribution in [-0.2, 0) is 0 Å². The summed E-state index contributed by atoms with van der Waals surface area (Å²) >= 11 is 7.69. The van der Waals surface area contributed by atoms with Crippen LogP contribution in [-0.4, -0.2) is 16.5 Å². The van der Waals surface area contributed by atoms with Crippen molar-refractivity contribution < 1.29 is 0 Å². The average molecular weight is 205 g/mol. The molecule has 0 aliphatic carbocycles. The number of aromatic nitrogens is 1. The minimum atomic E-state index is 0.970. The Morgan fingerprint density at radius 3 is 3.09 bits per heavy atom. The fourth-order valence-electron chi connectivity index (χ4n) is 0.623. The Kier molecular flexibility index (Phi) is 4.33. The Balaban J connectivity index is 2.27. The molecule has 4 heteroatoms. The quantitative estimate of drug-likeness (QED) is 0.461. The summed E-state index contributed by atoms with van der Waals surface area (Å²) in [4.78, 5) is 4.34. The smallest absolute Gasteiger partial charge is 0.150 e. The maximum atomic E-state index is 4.34. The van der Waals surface area contributed by atoms with E-state index in [4.69, 9.17) is 0 Å². The van der Waals surface area contributed by atoms with Crippen LogP contribution < -0.4 is 0 Å². The van der Waals surface area contributed by atoms with E-state index in [-0.39, 0.29) is 0 Å². The highest BCUT2D eigenvalue weighted by molar-refractivity contribution is 8.01. The van der Waals surface area contributed by atoms with Crippen LogP contribution in [0.1, 0.15) is 12.1 Å². The number of thiazole rings is 1. The number of hydrogen-bond donors (Lipinski definition) is 1. The molecule has 1 nitrogen and oxygen atoms in total. The van der Waals surface area contributed by atoms with Gasteiger partial charge in [-0.1, -0.05) is 11.8 Å². The van der Waals surface area contributed by atoms with Gasteiger partial charge in [-0.3, -0.25) is 0 Å². The molecule has 0 saturated heterocycles. The molecule has 0 amide bonds. The highest BCUT2D eigenvalue weighted by atomic mass is 32.2. The van der Waals surface area contributed by atoms with E-state index < -0.39 is 0 Å². The van der Waals surface area contributed by atoms with Gasteiger partial charge in [0.15, 0.2) is 0 Å². The van der Waals surface area contributed by atoms with E-state index in [1.807, 2.05) is 18.7 Å². The van der Waals surface area contributed by atoms with Gasteiger partial charge in [0, 0.05) is 16.8 Å². The number of hydrogen-bond acceptors (Lipinski definition) is 4. The molecule has 0 radical (unpaired) electrons. The topological polar surface area (TPSA) is 12.9 Å². The van der Waals surface area contributed by atoms with Crippen molar-refractivity contribution in [2.45, 2.75) is 17.7 Å². The lowest BCUT2D eigenvalue weighted by molar-refractivity contribution is 1.11. The van der Waals surface area contributed by atoms with E-state index in [1.165, 1.54) is 4.34 Å². The molecular formula is C7H11NS3. The molecule has 0 aliphatic heterocycles. The molecule has 1 aromatic rings. The highest BCUT2D eigenvalue weighted by Crippen LogP contribution is 2.22. The molecular weight excluding hydrogens is 194 g/mol. The molecule has 0 saturated carbocycles. The van der Waals surface area contributed by atoms with Crippen LogP contribution in [0, 0.1) is 6.92 Å². The molecule has 0 N–H and O–H groups in total. The van der Waals surface area contributed by atoms with Gasteiger partial charge in [0.05, 0.1) is 0 Å². The first-order chi connectivity index (χ1) is 5.33. The Labute approximate surface area is 81.0 Å². The molecule has 0 atom stereocenters. The van der Waals surface area contributed by atoms with Gasteiger partial charge in [0.25, 0.3) is 0 Å². The Bertz CT molecular complexity index is 209. The SMILES string of the molecule is Cc1csc(SCCCS)n1. The maximum Gasteiger partial charge on any atom is 0.150 e. The molecule has 0 aliphatic rings. The van der Waals surface area contributed by atoms with Crippen LogP contribution in [0.15, 0.2) is 9.72 Å². The monoisotopic (exact) mass is 205 g/mol. The van der Waals surface area contributed by atoms with Crippen LogP contribution in [0.5, 0.6) is 0 Å². The van der Waals surface area contributed by atoms with E-state index in [1.54, 1.807) is 11.3 Å². The summed E-state index contributed by atoms with van der Waals surface area (Å²) in [5, 5.41) is 2.09. The number of aryl methyl sites for hydroxylation is 1. The van der Waals surface area contributed by atoms with Crippen LogP contribution in [0.4, 0.5) is 0 Å². The summed E-state index contributed by atoms with van der Waals surface area (Å²) in [6.07, 6.45) is 1.16. The number of nitrogens with zero attached hydrogens (tertiary/aromatic N) is 1. The predicted molar refractivity (Wildman–Crippen MR) is 56.0 cm³/mol. The molecule has 1 heterocycles. The summed E-state index contributed by atoms with van der Waals surface area (Å²) < 4.78 is 1.18. The first-order valence-electron chi connectivity index (χ1n) is 3.48. The fraction of sp³-hybridized carbons (Fsp3) is 0.571. The van der Waals surface area contributed by atoms with Crippen molar-refractivity contribution in [3.63, 3.8) is 0 Å². The minimum Gasteiger partial charge on any atom is -0.235 e. The number of rotatable bonds is 4. The molecule has 0 aromatic carbocycles. The van der Waals surface area contributed by atoms with E-state index in [2.05, 4.69) is 23.0 Å². The first-order valence-corrected chi connectivity index (χ1v) is 5.98. The van der Waals surface area contributed by atoms with Crippen LogP contribution in [0.2, 0.25) is 0 Å². The highest BCUT2D eigenvalue weighted by Gasteiger charge is 1.97. The summed E-state index contributed by atoms with van der Waals surface area (Å²) in [5.41, 5.74) is 1.13. The molecule has 11 heavy (non-hydrogen) atoms. The second kappa shape index (κ2) is 5.06. The lowest BCUT2D eigenvalue weighted by Crippen LogP contribution is -1.80. The van der Waals surface area contributed by atoms with Crippen molar-refractivity contribution in [2.75, 3.05) is 11.5 Å². The Hall–Kier alpha value is 0.330. The van der Waals surface area contributed by atoms with Crippen molar-refractivity contribution in [3.05, 3.63) is 11.1 Å². The van der Waals surface area contributed by atoms with Crippen molar-refractivity contribution in [1.29, 1.82) is 0 Å². The summed E-state index contributed by atoms with van der Waals surface area (Å²) in [5.74, 6) is 2.10. The lowest BCUT2D eigenvalue weighted by Gasteiger charge is -1.92. The van der Waals surface area contributed by atoms with Gasteiger partial charge >= 0.3 is 0 Å². The average Bonchev–Trinajstić information content (AvgIpc) is 2.37. The zero-order valence-electron chi connectivity index (χ0n) is 6.41. The lowest BCUT2D eigenvalue weighted by atomic mass is 10.6. The van der Waals surface area contributed by atoms with Crippen LogP contribution in [0.25, 0.3) is 0 Å². The Morgan fingerprint density at radius 2 is 2.55 bits per heavy atom. The number of thioether (sulfide) groups is 1. The third-order valence-corrected chi connectivity index (χ3v) is 3.67. The maximum absolute atomic E-state index is 4.34.